The maximum Gasteiger partial charge on any atom is 0.167 e. The molecule has 1 unspecified atom stereocenters. The number of likely N-dealkylation sites (tertiary alicyclic amines) is 1. The van der Waals surface area contributed by atoms with Crippen molar-refractivity contribution in [3.8, 4) is 0 Å². The molecule has 1 atom stereocenters. The summed E-state index contributed by atoms with van der Waals surface area (Å²) in [7, 11) is 1.66. The highest BCUT2D eigenvalue weighted by Crippen LogP contribution is 2.30. The van der Waals surface area contributed by atoms with Gasteiger partial charge in [-0.2, -0.15) is 5.10 Å². The Hall–Kier alpha value is -1.76. The molecule has 0 saturated carbocycles. The molecular formula is C17H24N4O2. The molecule has 1 saturated heterocycles. The predicted octanol–water partition coefficient (Wildman–Crippen LogP) is 2.17. The molecule has 23 heavy (non-hydrogen) atoms. The Morgan fingerprint density at radius 2 is 2.04 bits per heavy atom. The number of aromatic nitrogens is 3. The van der Waals surface area contributed by atoms with Crippen LogP contribution in [-0.4, -0.2) is 38.8 Å². The van der Waals surface area contributed by atoms with Crippen molar-refractivity contribution in [2.75, 3.05) is 13.7 Å². The maximum absolute atomic E-state index is 9.15. The van der Waals surface area contributed by atoms with Crippen LogP contribution in [0.4, 0.5) is 0 Å². The first-order valence-electron chi connectivity index (χ1n) is 8.13. The first kappa shape index (κ1) is 16.1. The number of aliphatic hydroxyl groups is 1. The molecule has 6 nitrogen and oxygen atoms in total. The van der Waals surface area contributed by atoms with Crippen LogP contribution in [0.5, 0.6) is 0 Å². The molecule has 0 radical (unpaired) electrons. The molecule has 0 aliphatic carbocycles. The van der Waals surface area contributed by atoms with Crippen molar-refractivity contribution < 1.29 is 9.84 Å². The van der Waals surface area contributed by atoms with Gasteiger partial charge in [-0.05, 0) is 30.5 Å². The number of ether oxygens (including phenoxy) is 1. The Morgan fingerprint density at radius 1 is 1.26 bits per heavy atom. The Balaban J connectivity index is 1.72. The van der Waals surface area contributed by atoms with E-state index in [0.717, 1.165) is 36.7 Å². The van der Waals surface area contributed by atoms with Gasteiger partial charge in [-0.15, -0.1) is 0 Å². The van der Waals surface area contributed by atoms with Crippen LogP contribution in [-0.2, 0) is 24.5 Å². The lowest BCUT2D eigenvalue weighted by Gasteiger charge is -2.34. The smallest absolute Gasteiger partial charge is 0.167 e. The number of nitrogens with one attached hydrogen (secondary N) is 1. The van der Waals surface area contributed by atoms with Crippen LogP contribution in [0, 0.1) is 0 Å². The summed E-state index contributed by atoms with van der Waals surface area (Å²) in [6.07, 6.45) is 3.50. The van der Waals surface area contributed by atoms with E-state index in [9.17, 15) is 0 Å². The number of H-pyrrole nitrogens is 1. The van der Waals surface area contributed by atoms with E-state index >= 15 is 0 Å². The van der Waals surface area contributed by atoms with Crippen molar-refractivity contribution in [3.63, 3.8) is 0 Å². The van der Waals surface area contributed by atoms with E-state index in [2.05, 4.69) is 32.2 Å². The van der Waals surface area contributed by atoms with E-state index in [0.29, 0.717) is 6.61 Å². The number of methoxy groups -OCH3 is 1. The third-order valence-corrected chi connectivity index (χ3v) is 4.33. The van der Waals surface area contributed by atoms with Crippen molar-refractivity contribution in [1.29, 1.82) is 0 Å². The molecule has 1 aliphatic heterocycles. The zero-order valence-corrected chi connectivity index (χ0v) is 13.5. The molecule has 124 valence electrons. The van der Waals surface area contributed by atoms with Gasteiger partial charge in [0.15, 0.2) is 11.6 Å². The molecule has 2 aromatic rings. The number of hydrogen-bond donors (Lipinski definition) is 2. The van der Waals surface area contributed by atoms with Gasteiger partial charge < -0.3 is 9.84 Å². The molecule has 0 amide bonds. The van der Waals surface area contributed by atoms with Crippen molar-refractivity contribution in [3.05, 3.63) is 47.0 Å². The molecule has 6 heteroatoms. The minimum Gasteiger partial charge on any atom is -0.392 e. The van der Waals surface area contributed by atoms with E-state index in [1.807, 2.05) is 12.1 Å². The molecule has 1 aromatic heterocycles. The number of aromatic amines is 1. The number of benzene rings is 1. The van der Waals surface area contributed by atoms with Crippen molar-refractivity contribution in [2.45, 2.75) is 45.1 Å². The lowest BCUT2D eigenvalue weighted by atomic mass is 10.0. The van der Waals surface area contributed by atoms with Gasteiger partial charge in [0.1, 0.15) is 6.61 Å². The Bertz CT molecular complexity index is 611. The van der Waals surface area contributed by atoms with E-state index < -0.39 is 0 Å². The molecule has 2 heterocycles. The van der Waals surface area contributed by atoms with Gasteiger partial charge in [-0.25, -0.2) is 4.98 Å². The van der Waals surface area contributed by atoms with E-state index in [1.54, 1.807) is 7.11 Å². The predicted molar refractivity (Wildman–Crippen MR) is 86.5 cm³/mol. The van der Waals surface area contributed by atoms with Gasteiger partial charge in [-0.3, -0.25) is 10.00 Å². The van der Waals surface area contributed by atoms with E-state index in [-0.39, 0.29) is 12.6 Å². The zero-order valence-electron chi connectivity index (χ0n) is 13.5. The van der Waals surface area contributed by atoms with Crippen LogP contribution < -0.4 is 0 Å². The van der Waals surface area contributed by atoms with Gasteiger partial charge >= 0.3 is 0 Å². The van der Waals surface area contributed by atoms with Gasteiger partial charge in [0.25, 0.3) is 0 Å². The van der Waals surface area contributed by atoms with Gasteiger partial charge in [0.2, 0.25) is 0 Å². The SMILES string of the molecule is COCc1nc(C2CCCCN2Cc2ccc(CO)cc2)n[nH]1. The summed E-state index contributed by atoms with van der Waals surface area (Å²) in [5, 5.41) is 16.5. The average Bonchev–Trinajstić information content (AvgIpc) is 3.05. The first-order chi connectivity index (χ1) is 11.3. The normalized spacial score (nSPS) is 19.1. The van der Waals surface area contributed by atoms with Crippen LogP contribution >= 0.6 is 0 Å². The van der Waals surface area contributed by atoms with Gasteiger partial charge in [0.05, 0.1) is 12.6 Å². The second-order valence-electron chi connectivity index (χ2n) is 6.03. The van der Waals surface area contributed by atoms with Crippen LogP contribution in [0.1, 0.15) is 48.1 Å². The Labute approximate surface area is 136 Å². The molecule has 0 bridgehead atoms. The second kappa shape index (κ2) is 7.68. The number of rotatable bonds is 6. The van der Waals surface area contributed by atoms with Gasteiger partial charge in [-0.1, -0.05) is 30.7 Å². The largest absolute Gasteiger partial charge is 0.392 e. The lowest BCUT2D eigenvalue weighted by Crippen LogP contribution is -2.33. The molecule has 2 N–H and O–H groups in total. The van der Waals surface area contributed by atoms with Crippen LogP contribution in [0.3, 0.4) is 0 Å². The molecule has 0 spiro atoms. The topological polar surface area (TPSA) is 74.3 Å². The Morgan fingerprint density at radius 3 is 2.78 bits per heavy atom. The molecule has 1 fully saturated rings. The van der Waals surface area contributed by atoms with Crippen LogP contribution in [0.25, 0.3) is 0 Å². The summed E-state index contributed by atoms with van der Waals surface area (Å²) >= 11 is 0. The standard InChI is InChI=1S/C17H24N4O2/c1-23-12-16-18-17(20-19-16)15-4-2-3-9-21(15)10-13-5-7-14(11-22)8-6-13/h5-8,15,22H,2-4,9-12H2,1H3,(H,18,19,20). The number of aliphatic hydroxyl groups excluding tert-OH is 1. The van der Waals surface area contributed by atoms with Crippen molar-refractivity contribution >= 4 is 0 Å². The second-order valence-corrected chi connectivity index (χ2v) is 6.03. The fourth-order valence-corrected chi connectivity index (χ4v) is 3.12. The summed E-state index contributed by atoms with van der Waals surface area (Å²) in [6.45, 7) is 2.49. The highest BCUT2D eigenvalue weighted by atomic mass is 16.5. The quantitative estimate of drug-likeness (QED) is 0.854. The third kappa shape index (κ3) is 3.96. The molecule has 3 rings (SSSR count). The van der Waals surface area contributed by atoms with Crippen molar-refractivity contribution in [2.24, 2.45) is 0 Å². The Kier molecular flexibility index (Phi) is 5.38. The van der Waals surface area contributed by atoms with Crippen LogP contribution in [0.2, 0.25) is 0 Å². The summed E-state index contributed by atoms with van der Waals surface area (Å²) in [4.78, 5) is 7.02. The monoisotopic (exact) mass is 316 g/mol. The highest BCUT2D eigenvalue weighted by molar-refractivity contribution is 5.22. The average molecular weight is 316 g/mol. The van der Waals surface area contributed by atoms with Crippen LogP contribution in [0.15, 0.2) is 24.3 Å². The number of piperidine rings is 1. The fourth-order valence-electron chi connectivity index (χ4n) is 3.12. The highest BCUT2D eigenvalue weighted by Gasteiger charge is 2.27. The molecule has 1 aliphatic rings. The fraction of sp³-hybridized carbons (Fsp3) is 0.529. The number of hydrogen-bond acceptors (Lipinski definition) is 5. The number of nitrogens with zero attached hydrogens (tertiary/aromatic N) is 3. The maximum atomic E-state index is 9.15. The van der Waals surface area contributed by atoms with E-state index in [4.69, 9.17) is 9.84 Å². The zero-order chi connectivity index (χ0) is 16.1. The molecule has 1 aromatic carbocycles. The first-order valence-corrected chi connectivity index (χ1v) is 8.13. The van der Waals surface area contributed by atoms with E-state index in [1.165, 1.54) is 18.4 Å². The lowest BCUT2D eigenvalue weighted by molar-refractivity contribution is 0.133. The minimum absolute atomic E-state index is 0.0894. The third-order valence-electron chi connectivity index (χ3n) is 4.33. The molecular weight excluding hydrogens is 292 g/mol. The minimum atomic E-state index is 0.0894. The summed E-state index contributed by atoms with van der Waals surface area (Å²) < 4.78 is 5.11. The summed E-state index contributed by atoms with van der Waals surface area (Å²) in [5.74, 6) is 1.64. The van der Waals surface area contributed by atoms with Crippen molar-refractivity contribution in [1.82, 2.24) is 20.1 Å². The summed E-state index contributed by atoms with van der Waals surface area (Å²) in [6, 6.07) is 8.40. The summed E-state index contributed by atoms with van der Waals surface area (Å²) in [5.41, 5.74) is 2.20. The van der Waals surface area contributed by atoms with Gasteiger partial charge in [0, 0.05) is 13.7 Å².